The number of azo groups is 2. The standard InChI is InChI=1S/C38H33Cl2N7O/c1-38(2,3)36-34(37(48)47(46-36)35-30(39)15-10-16-31(35)40)45-44-32-22-21-29(23-33(32)41-24-25-11-6-4-7-12-25)43-42-28-19-17-27(18-20-28)26-13-8-5-9-14-26/h4-23,41,46H,24H2,1-3H3. The van der Waals surface area contributed by atoms with Crippen LogP contribution in [0.1, 0.15) is 32.0 Å². The van der Waals surface area contributed by atoms with E-state index in [1.54, 1.807) is 24.3 Å². The van der Waals surface area contributed by atoms with Crippen molar-refractivity contribution < 1.29 is 0 Å². The van der Waals surface area contributed by atoms with Crippen LogP contribution in [0.25, 0.3) is 16.8 Å². The first kappa shape index (κ1) is 32.6. The summed E-state index contributed by atoms with van der Waals surface area (Å²) in [6, 6.07) is 38.7. The number of hydrogen-bond donors (Lipinski definition) is 2. The number of hydrogen-bond acceptors (Lipinski definition) is 6. The van der Waals surface area contributed by atoms with Gasteiger partial charge in [0.1, 0.15) is 11.4 Å². The third-order valence-corrected chi connectivity index (χ3v) is 8.21. The maximum Gasteiger partial charge on any atom is 0.299 e. The van der Waals surface area contributed by atoms with Crippen molar-refractivity contribution in [1.29, 1.82) is 0 Å². The van der Waals surface area contributed by atoms with Crippen LogP contribution in [0.3, 0.4) is 0 Å². The van der Waals surface area contributed by atoms with E-state index >= 15 is 0 Å². The average Bonchev–Trinajstić information content (AvgIpc) is 3.42. The zero-order valence-corrected chi connectivity index (χ0v) is 28.2. The second-order valence-corrected chi connectivity index (χ2v) is 13.0. The van der Waals surface area contributed by atoms with Gasteiger partial charge in [0.05, 0.1) is 32.8 Å². The molecule has 0 saturated heterocycles. The first-order valence-electron chi connectivity index (χ1n) is 15.4. The highest BCUT2D eigenvalue weighted by Crippen LogP contribution is 2.36. The molecule has 0 amide bonds. The van der Waals surface area contributed by atoms with Gasteiger partial charge in [-0.3, -0.25) is 9.89 Å². The molecule has 0 aliphatic carbocycles. The molecule has 0 radical (unpaired) electrons. The second kappa shape index (κ2) is 14.2. The summed E-state index contributed by atoms with van der Waals surface area (Å²) < 4.78 is 1.32. The molecule has 6 rings (SSSR count). The largest absolute Gasteiger partial charge is 0.379 e. The van der Waals surface area contributed by atoms with Crippen molar-refractivity contribution in [1.82, 2.24) is 9.78 Å². The van der Waals surface area contributed by atoms with Gasteiger partial charge in [0, 0.05) is 12.0 Å². The van der Waals surface area contributed by atoms with E-state index in [-0.39, 0.29) is 5.69 Å². The molecular weight excluding hydrogens is 641 g/mol. The summed E-state index contributed by atoms with van der Waals surface area (Å²) in [5.41, 5.74) is 6.13. The lowest BCUT2D eigenvalue weighted by atomic mass is 9.91. The zero-order chi connectivity index (χ0) is 33.7. The SMILES string of the molecule is CC(C)(C)c1[nH]n(-c2c(Cl)cccc2Cl)c(=O)c1N=Nc1ccc(N=Nc2ccc(-c3ccccc3)cc2)cc1NCc1ccccc1. The molecule has 48 heavy (non-hydrogen) atoms. The molecular formula is C38H33Cl2N7O. The molecule has 0 fully saturated rings. The average molecular weight is 675 g/mol. The fourth-order valence-electron chi connectivity index (χ4n) is 5.08. The lowest BCUT2D eigenvalue weighted by Crippen LogP contribution is -2.15. The first-order chi connectivity index (χ1) is 23.2. The van der Waals surface area contributed by atoms with Crippen LogP contribution >= 0.6 is 23.2 Å². The van der Waals surface area contributed by atoms with Crippen LogP contribution in [0, 0.1) is 0 Å². The van der Waals surface area contributed by atoms with Gasteiger partial charge in [-0.05, 0) is 59.2 Å². The van der Waals surface area contributed by atoms with E-state index in [1.807, 2.05) is 106 Å². The van der Waals surface area contributed by atoms with E-state index in [4.69, 9.17) is 23.2 Å². The molecule has 240 valence electrons. The van der Waals surface area contributed by atoms with Crippen LogP contribution in [0.2, 0.25) is 10.0 Å². The highest BCUT2D eigenvalue weighted by Gasteiger charge is 2.27. The van der Waals surface area contributed by atoms with Gasteiger partial charge in [0.15, 0.2) is 5.69 Å². The van der Waals surface area contributed by atoms with Crippen molar-refractivity contribution in [3.63, 3.8) is 0 Å². The number of benzene rings is 5. The molecule has 0 saturated carbocycles. The Morgan fingerprint density at radius 3 is 1.96 bits per heavy atom. The Hall–Kier alpha value is -5.31. The van der Waals surface area contributed by atoms with Crippen molar-refractivity contribution in [2.45, 2.75) is 32.7 Å². The zero-order valence-electron chi connectivity index (χ0n) is 26.7. The molecule has 1 heterocycles. The van der Waals surface area contributed by atoms with Crippen LogP contribution in [-0.2, 0) is 12.0 Å². The summed E-state index contributed by atoms with van der Waals surface area (Å²) in [4.78, 5) is 13.8. The minimum atomic E-state index is -0.468. The molecule has 0 aliphatic heterocycles. The number of nitrogens with one attached hydrogen (secondary N) is 2. The third-order valence-electron chi connectivity index (χ3n) is 7.60. The number of H-pyrrole nitrogens is 1. The number of para-hydroxylation sites is 1. The Bertz CT molecular complexity index is 2130. The van der Waals surface area contributed by atoms with Gasteiger partial charge in [0.25, 0.3) is 5.56 Å². The molecule has 0 bridgehead atoms. The van der Waals surface area contributed by atoms with Gasteiger partial charge in [-0.25, -0.2) is 4.68 Å². The Morgan fingerprint density at radius 2 is 1.29 bits per heavy atom. The van der Waals surface area contributed by atoms with E-state index in [0.717, 1.165) is 22.4 Å². The molecule has 8 nitrogen and oxygen atoms in total. The summed E-state index contributed by atoms with van der Waals surface area (Å²) >= 11 is 12.9. The lowest BCUT2D eigenvalue weighted by molar-refractivity contribution is 0.560. The third kappa shape index (κ3) is 7.46. The Morgan fingerprint density at radius 1 is 0.688 bits per heavy atom. The molecule has 0 unspecified atom stereocenters. The molecule has 5 aromatic carbocycles. The summed E-state index contributed by atoms with van der Waals surface area (Å²) in [7, 11) is 0. The summed E-state index contributed by atoms with van der Waals surface area (Å²) in [5, 5.41) is 25.3. The van der Waals surface area contributed by atoms with Gasteiger partial charge in [-0.15, -0.1) is 10.2 Å². The smallest absolute Gasteiger partial charge is 0.299 e. The van der Waals surface area contributed by atoms with Gasteiger partial charge < -0.3 is 5.32 Å². The molecule has 6 aromatic rings. The van der Waals surface area contributed by atoms with Crippen molar-refractivity contribution in [3.8, 4) is 16.8 Å². The minimum Gasteiger partial charge on any atom is -0.379 e. The summed E-state index contributed by atoms with van der Waals surface area (Å²) in [5.74, 6) is 0. The van der Waals surface area contributed by atoms with Crippen LogP contribution in [-0.4, -0.2) is 9.78 Å². The number of rotatable bonds is 9. The molecule has 0 spiro atoms. The Labute approximate surface area is 288 Å². The van der Waals surface area contributed by atoms with E-state index in [1.165, 1.54) is 4.68 Å². The van der Waals surface area contributed by atoms with E-state index in [9.17, 15) is 4.79 Å². The highest BCUT2D eigenvalue weighted by atomic mass is 35.5. The van der Waals surface area contributed by atoms with Gasteiger partial charge in [-0.2, -0.15) is 10.2 Å². The maximum absolute atomic E-state index is 13.8. The predicted octanol–water partition coefficient (Wildman–Crippen LogP) is 11.9. The topological polar surface area (TPSA) is 99.3 Å². The molecule has 0 aliphatic rings. The molecule has 10 heteroatoms. The van der Waals surface area contributed by atoms with Crippen LogP contribution in [0.5, 0.6) is 0 Å². The molecule has 0 atom stereocenters. The minimum absolute atomic E-state index is 0.162. The predicted molar refractivity (Wildman–Crippen MR) is 196 cm³/mol. The van der Waals surface area contributed by atoms with Crippen LogP contribution in [0.15, 0.2) is 147 Å². The molecule has 1 aromatic heterocycles. The summed E-state index contributed by atoms with van der Waals surface area (Å²) in [6.45, 7) is 6.49. The van der Waals surface area contributed by atoms with E-state index in [0.29, 0.717) is 45.0 Å². The van der Waals surface area contributed by atoms with Crippen molar-refractivity contribution >= 4 is 51.6 Å². The normalized spacial score (nSPS) is 11.9. The van der Waals surface area contributed by atoms with Gasteiger partial charge in [-0.1, -0.05) is 123 Å². The first-order valence-corrected chi connectivity index (χ1v) is 16.1. The van der Waals surface area contributed by atoms with E-state index in [2.05, 4.69) is 43.0 Å². The lowest BCUT2D eigenvalue weighted by Gasteiger charge is -2.17. The maximum atomic E-state index is 13.8. The quantitative estimate of drug-likeness (QED) is 0.149. The number of aromatic amines is 1. The van der Waals surface area contributed by atoms with Crippen molar-refractivity contribution in [2.24, 2.45) is 20.5 Å². The number of halogens is 2. The molecule has 2 N–H and O–H groups in total. The van der Waals surface area contributed by atoms with Crippen molar-refractivity contribution in [3.05, 3.63) is 153 Å². The number of aromatic nitrogens is 2. The fraction of sp³-hybridized carbons (Fsp3) is 0.132. The Balaban J connectivity index is 1.33. The Kier molecular flexibility index (Phi) is 9.66. The number of nitrogens with zero attached hydrogens (tertiary/aromatic N) is 5. The van der Waals surface area contributed by atoms with E-state index < -0.39 is 11.0 Å². The summed E-state index contributed by atoms with van der Waals surface area (Å²) in [6.07, 6.45) is 0. The highest BCUT2D eigenvalue weighted by molar-refractivity contribution is 6.37. The van der Waals surface area contributed by atoms with Crippen LogP contribution in [0.4, 0.5) is 28.4 Å². The van der Waals surface area contributed by atoms with Gasteiger partial charge >= 0.3 is 0 Å². The van der Waals surface area contributed by atoms with Crippen LogP contribution < -0.4 is 10.9 Å². The fourth-order valence-corrected chi connectivity index (χ4v) is 5.65. The number of anilines is 1. The van der Waals surface area contributed by atoms with Gasteiger partial charge in [0.2, 0.25) is 0 Å². The second-order valence-electron chi connectivity index (χ2n) is 12.1. The van der Waals surface area contributed by atoms with Crippen molar-refractivity contribution in [2.75, 3.05) is 5.32 Å². The monoisotopic (exact) mass is 673 g/mol.